The van der Waals surface area contributed by atoms with Crippen molar-refractivity contribution >= 4 is 15.9 Å². The van der Waals surface area contributed by atoms with Gasteiger partial charge in [-0.25, -0.2) is 0 Å². The fourth-order valence-electron chi connectivity index (χ4n) is 2.25. The van der Waals surface area contributed by atoms with Crippen LogP contribution in [0.1, 0.15) is 0 Å². The van der Waals surface area contributed by atoms with Crippen molar-refractivity contribution in [2.45, 2.75) is 6.10 Å². The summed E-state index contributed by atoms with van der Waals surface area (Å²) in [6, 6.07) is 7.64. The molecule has 1 fully saturated rings. The fraction of sp³-hybridized carbons (Fsp3) is 0.571. The summed E-state index contributed by atoms with van der Waals surface area (Å²) in [5.41, 5.74) is 0. The van der Waals surface area contributed by atoms with E-state index in [9.17, 15) is 5.11 Å². The molecule has 0 bridgehead atoms. The Morgan fingerprint density at radius 3 is 2.58 bits per heavy atom. The number of hydrogen-bond acceptors (Lipinski definition) is 3. The maximum atomic E-state index is 10.1. The zero-order chi connectivity index (χ0) is 13.7. The number of nitrogens with zero attached hydrogens (tertiary/aromatic N) is 1. The van der Waals surface area contributed by atoms with Crippen molar-refractivity contribution < 1.29 is 19.1 Å². The molecule has 0 unspecified atom stereocenters. The molecule has 5 heteroatoms. The molecule has 1 aliphatic heterocycles. The van der Waals surface area contributed by atoms with Gasteiger partial charge in [-0.15, -0.1) is 0 Å². The predicted molar refractivity (Wildman–Crippen MR) is 77.2 cm³/mol. The molecule has 1 aromatic rings. The van der Waals surface area contributed by atoms with E-state index in [1.807, 2.05) is 24.3 Å². The number of morpholine rings is 1. The topological polar surface area (TPSA) is 38.7 Å². The molecule has 4 nitrogen and oxygen atoms in total. The molecule has 19 heavy (non-hydrogen) atoms. The van der Waals surface area contributed by atoms with E-state index in [4.69, 9.17) is 9.47 Å². The van der Waals surface area contributed by atoms with Crippen molar-refractivity contribution in [1.29, 1.82) is 0 Å². The molecule has 0 amide bonds. The van der Waals surface area contributed by atoms with E-state index in [2.05, 4.69) is 23.0 Å². The van der Waals surface area contributed by atoms with Crippen LogP contribution in [-0.4, -0.2) is 62.2 Å². The van der Waals surface area contributed by atoms with Gasteiger partial charge in [0.25, 0.3) is 0 Å². The van der Waals surface area contributed by atoms with Crippen LogP contribution < -0.4 is 4.74 Å². The molecule has 1 N–H and O–H groups in total. The molecule has 2 rings (SSSR count). The Labute approximate surface area is 122 Å². The highest BCUT2D eigenvalue weighted by Gasteiger charge is 2.28. The van der Waals surface area contributed by atoms with Gasteiger partial charge in [0.05, 0.1) is 20.3 Å². The van der Waals surface area contributed by atoms with Crippen LogP contribution >= 0.6 is 15.9 Å². The number of quaternary nitrogens is 1. The lowest BCUT2D eigenvalue weighted by molar-refractivity contribution is -0.919. The maximum absolute atomic E-state index is 10.1. The second-order valence-corrected chi connectivity index (χ2v) is 6.20. The zero-order valence-electron chi connectivity index (χ0n) is 11.2. The van der Waals surface area contributed by atoms with Crippen molar-refractivity contribution in [3.8, 4) is 5.75 Å². The Morgan fingerprint density at radius 1 is 1.32 bits per heavy atom. The largest absolute Gasteiger partial charge is 0.491 e. The van der Waals surface area contributed by atoms with Crippen molar-refractivity contribution in [3.63, 3.8) is 0 Å². The van der Waals surface area contributed by atoms with E-state index in [1.54, 1.807) is 0 Å². The van der Waals surface area contributed by atoms with Gasteiger partial charge >= 0.3 is 0 Å². The summed E-state index contributed by atoms with van der Waals surface area (Å²) in [4.78, 5) is 0. The summed E-state index contributed by atoms with van der Waals surface area (Å²) in [6.45, 7) is 4.49. The number of benzene rings is 1. The van der Waals surface area contributed by atoms with Gasteiger partial charge in [0, 0.05) is 4.47 Å². The molecule has 0 aliphatic carbocycles. The lowest BCUT2D eigenvalue weighted by Crippen LogP contribution is -2.56. The van der Waals surface area contributed by atoms with Crippen LogP contribution in [0.4, 0.5) is 0 Å². The maximum Gasteiger partial charge on any atom is 0.137 e. The smallest absolute Gasteiger partial charge is 0.137 e. The van der Waals surface area contributed by atoms with E-state index < -0.39 is 6.10 Å². The highest BCUT2D eigenvalue weighted by Crippen LogP contribution is 2.16. The summed E-state index contributed by atoms with van der Waals surface area (Å²) in [6.07, 6.45) is -0.452. The van der Waals surface area contributed by atoms with Crippen LogP contribution in [0, 0.1) is 0 Å². The third-order valence-corrected chi connectivity index (χ3v) is 3.99. The van der Waals surface area contributed by atoms with E-state index >= 15 is 0 Å². The van der Waals surface area contributed by atoms with Gasteiger partial charge in [0.2, 0.25) is 0 Å². The summed E-state index contributed by atoms with van der Waals surface area (Å²) in [5, 5.41) is 10.1. The Balaban J connectivity index is 1.77. The van der Waals surface area contributed by atoms with Gasteiger partial charge in [-0.3, -0.25) is 0 Å². The minimum absolute atomic E-state index is 0.330. The van der Waals surface area contributed by atoms with Crippen LogP contribution in [0.2, 0.25) is 0 Å². The first kappa shape index (κ1) is 14.8. The van der Waals surface area contributed by atoms with E-state index in [0.717, 1.165) is 41.0 Å². The van der Waals surface area contributed by atoms with Gasteiger partial charge in [-0.1, -0.05) is 15.9 Å². The predicted octanol–water partition coefficient (Wildman–Crippen LogP) is 1.67. The quantitative estimate of drug-likeness (QED) is 0.834. The first-order chi connectivity index (χ1) is 9.07. The molecular weight excluding hydrogens is 310 g/mol. The van der Waals surface area contributed by atoms with Gasteiger partial charge in [-0.2, -0.15) is 0 Å². The number of aliphatic hydroxyl groups is 1. The Morgan fingerprint density at radius 2 is 1.95 bits per heavy atom. The molecule has 1 heterocycles. The number of aliphatic hydroxyl groups excluding tert-OH is 1. The average molecular weight is 331 g/mol. The summed E-state index contributed by atoms with van der Waals surface area (Å²) in [5.74, 6) is 0.784. The molecule has 1 saturated heterocycles. The normalized spacial score (nSPS) is 19.9. The number of ether oxygens (including phenoxy) is 2. The lowest BCUT2D eigenvalue weighted by atomic mass is 10.2. The molecule has 106 valence electrons. The van der Waals surface area contributed by atoms with Gasteiger partial charge in [0.15, 0.2) is 0 Å². The van der Waals surface area contributed by atoms with E-state index in [0.29, 0.717) is 13.2 Å². The number of likely N-dealkylation sites (N-methyl/N-ethyl adjacent to an activating group) is 1. The Kier molecular flexibility index (Phi) is 5.21. The minimum atomic E-state index is -0.452. The molecule has 1 aromatic carbocycles. The first-order valence-electron chi connectivity index (χ1n) is 6.55. The number of rotatable bonds is 5. The molecule has 0 spiro atoms. The van der Waals surface area contributed by atoms with Crippen molar-refractivity contribution in [2.75, 3.05) is 46.5 Å². The summed E-state index contributed by atoms with van der Waals surface area (Å²) >= 11 is 3.38. The van der Waals surface area contributed by atoms with E-state index in [-0.39, 0.29) is 0 Å². The highest BCUT2D eigenvalue weighted by molar-refractivity contribution is 9.10. The van der Waals surface area contributed by atoms with Gasteiger partial charge in [0.1, 0.15) is 38.1 Å². The second-order valence-electron chi connectivity index (χ2n) is 5.28. The van der Waals surface area contributed by atoms with Gasteiger partial charge in [-0.05, 0) is 24.3 Å². The second kappa shape index (κ2) is 6.70. The molecule has 0 radical (unpaired) electrons. The lowest BCUT2D eigenvalue weighted by Gasteiger charge is -2.38. The van der Waals surface area contributed by atoms with E-state index in [1.165, 1.54) is 0 Å². The third kappa shape index (κ3) is 4.76. The van der Waals surface area contributed by atoms with Gasteiger partial charge < -0.3 is 19.1 Å². The van der Waals surface area contributed by atoms with Crippen molar-refractivity contribution in [3.05, 3.63) is 28.7 Å². The molecule has 1 atom stereocenters. The summed E-state index contributed by atoms with van der Waals surface area (Å²) < 4.78 is 12.8. The monoisotopic (exact) mass is 330 g/mol. The molecule has 1 aliphatic rings. The molecule has 0 aromatic heterocycles. The number of halogens is 1. The minimum Gasteiger partial charge on any atom is -0.491 e. The van der Waals surface area contributed by atoms with Crippen LogP contribution in [0.25, 0.3) is 0 Å². The third-order valence-electron chi connectivity index (χ3n) is 3.46. The zero-order valence-corrected chi connectivity index (χ0v) is 12.8. The van der Waals surface area contributed by atoms with Crippen molar-refractivity contribution in [2.24, 2.45) is 0 Å². The average Bonchev–Trinajstić information content (AvgIpc) is 2.38. The molecule has 0 saturated carbocycles. The summed E-state index contributed by atoms with van der Waals surface area (Å²) in [7, 11) is 2.16. The SMILES string of the molecule is C[N+]1(C[C@H](O)COc2ccc(Br)cc2)CCOCC1. The number of hydrogen-bond donors (Lipinski definition) is 1. The Hall–Kier alpha value is -0.620. The standard InChI is InChI=1S/C14H21BrNO3/c1-16(6-8-18-9-7-16)10-13(17)11-19-14-4-2-12(15)3-5-14/h2-5,13,17H,6-11H2,1H3/q+1/t13-/m0/s1. The van der Waals surface area contributed by atoms with Crippen LogP contribution in [0.5, 0.6) is 5.75 Å². The first-order valence-corrected chi connectivity index (χ1v) is 7.34. The molecular formula is C14H21BrNO3+. The van der Waals surface area contributed by atoms with Crippen LogP contribution in [0.3, 0.4) is 0 Å². The van der Waals surface area contributed by atoms with Crippen LogP contribution in [0.15, 0.2) is 28.7 Å². The Bertz CT molecular complexity index is 390. The highest BCUT2D eigenvalue weighted by atomic mass is 79.9. The fourth-order valence-corrected chi connectivity index (χ4v) is 2.52. The van der Waals surface area contributed by atoms with Crippen molar-refractivity contribution in [1.82, 2.24) is 0 Å². The van der Waals surface area contributed by atoms with Crippen LogP contribution in [-0.2, 0) is 4.74 Å².